The molecule has 2 rings (SSSR count). The van der Waals surface area contributed by atoms with Gasteiger partial charge in [0.2, 0.25) is 0 Å². The lowest BCUT2D eigenvalue weighted by Gasteiger charge is -2.38. The van der Waals surface area contributed by atoms with E-state index in [0.29, 0.717) is 31.0 Å². The number of morpholine rings is 1. The Hall–Kier alpha value is -1.07. The van der Waals surface area contributed by atoms with Crippen LogP contribution in [-0.2, 0) is 4.74 Å². The molecule has 0 N–H and O–H groups in total. The molecule has 5 heteroatoms. The summed E-state index contributed by atoms with van der Waals surface area (Å²) in [4.78, 5) is 14.4. The van der Waals surface area contributed by atoms with Crippen LogP contribution in [-0.4, -0.2) is 43.2 Å². The van der Waals surface area contributed by atoms with Crippen molar-refractivity contribution in [1.82, 2.24) is 4.90 Å². The first-order valence-corrected chi connectivity index (χ1v) is 6.99. The van der Waals surface area contributed by atoms with Crippen molar-refractivity contribution in [3.8, 4) is 5.75 Å². The van der Waals surface area contributed by atoms with Crippen molar-refractivity contribution in [3.05, 3.63) is 28.2 Å². The quantitative estimate of drug-likeness (QED) is 0.838. The summed E-state index contributed by atoms with van der Waals surface area (Å²) in [5.74, 6) is 0.574. The highest BCUT2D eigenvalue weighted by Gasteiger charge is 2.31. The summed E-state index contributed by atoms with van der Waals surface area (Å²) in [5, 5.41) is 0. The van der Waals surface area contributed by atoms with Crippen LogP contribution in [0.15, 0.2) is 22.7 Å². The van der Waals surface area contributed by atoms with E-state index in [4.69, 9.17) is 9.47 Å². The molecule has 1 amide bonds. The second kappa shape index (κ2) is 5.51. The summed E-state index contributed by atoms with van der Waals surface area (Å²) >= 11 is 3.38. The van der Waals surface area contributed by atoms with E-state index in [1.54, 1.807) is 19.2 Å². The molecule has 0 atom stereocenters. The van der Waals surface area contributed by atoms with Gasteiger partial charge in [-0.25, -0.2) is 0 Å². The number of hydrogen-bond donors (Lipinski definition) is 0. The zero-order valence-corrected chi connectivity index (χ0v) is 13.0. The highest BCUT2D eigenvalue weighted by Crippen LogP contribution is 2.26. The van der Waals surface area contributed by atoms with Gasteiger partial charge in [0.1, 0.15) is 5.75 Å². The minimum atomic E-state index is -0.295. The minimum absolute atomic E-state index is 0.0132. The molecule has 0 saturated carbocycles. The van der Waals surface area contributed by atoms with Crippen molar-refractivity contribution >= 4 is 21.8 Å². The Morgan fingerprint density at radius 3 is 2.84 bits per heavy atom. The van der Waals surface area contributed by atoms with Gasteiger partial charge in [0, 0.05) is 17.6 Å². The summed E-state index contributed by atoms with van der Waals surface area (Å²) in [6, 6.07) is 5.44. The molecule has 0 aromatic heterocycles. The van der Waals surface area contributed by atoms with E-state index in [9.17, 15) is 4.79 Å². The highest BCUT2D eigenvalue weighted by atomic mass is 79.9. The Labute approximate surface area is 121 Å². The van der Waals surface area contributed by atoms with Crippen LogP contribution in [0.1, 0.15) is 24.2 Å². The molecule has 0 unspecified atom stereocenters. The maximum Gasteiger partial charge on any atom is 0.257 e. The third kappa shape index (κ3) is 3.28. The molecule has 0 spiro atoms. The molecule has 1 aliphatic rings. The number of rotatable bonds is 2. The number of hydrogen-bond acceptors (Lipinski definition) is 3. The van der Waals surface area contributed by atoms with Gasteiger partial charge in [0.05, 0.1) is 24.9 Å². The highest BCUT2D eigenvalue weighted by molar-refractivity contribution is 9.10. The molecular weight excluding hydrogens is 310 g/mol. The Bertz CT molecular complexity index is 488. The summed E-state index contributed by atoms with van der Waals surface area (Å²) in [5.41, 5.74) is 0.291. The first kappa shape index (κ1) is 14.3. The van der Waals surface area contributed by atoms with Gasteiger partial charge in [-0.1, -0.05) is 15.9 Å². The van der Waals surface area contributed by atoms with Crippen LogP contribution in [0.2, 0.25) is 0 Å². The van der Waals surface area contributed by atoms with Gasteiger partial charge in [0.25, 0.3) is 5.91 Å². The fourth-order valence-electron chi connectivity index (χ4n) is 2.20. The minimum Gasteiger partial charge on any atom is -0.496 e. The number of carbonyl (C=O) groups excluding carboxylic acids is 1. The molecule has 1 saturated heterocycles. The van der Waals surface area contributed by atoms with Gasteiger partial charge >= 0.3 is 0 Å². The largest absolute Gasteiger partial charge is 0.496 e. The van der Waals surface area contributed by atoms with E-state index < -0.39 is 0 Å². The van der Waals surface area contributed by atoms with E-state index >= 15 is 0 Å². The van der Waals surface area contributed by atoms with Crippen molar-refractivity contribution < 1.29 is 14.3 Å². The van der Waals surface area contributed by atoms with E-state index in [1.165, 1.54) is 0 Å². The van der Waals surface area contributed by atoms with E-state index in [1.807, 2.05) is 24.8 Å². The standard InChI is InChI=1S/C14H18BrNO3/c1-14(2)9-16(6-7-19-14)13(17)11-5-4-10(15)8-12(11)18-3/h4-5,8H,6-7,9H2,1-3H3. The third-order valence-electron chi connectivity index (χ3n) is 3.11. The lowest BCUT2D eigenvalue weighted by atomic mass is 10.1. The van der Waals surface area contributed by atoms with Crippen molar-refractivity contribution in [2.45, 2.75) is 19.4 Å². The van der Waals surface area contributed by atoms with Gasteiger partial charge in [-0.05, 0) is 32.0 Å². The van der Waals surface area contributed by atoms with Gasteiger partial charge < -0.3 is 14.4 Å². The molecule has 0 aliphatic carbocycles. The topological polar surface area (TPSA) is 38.8 Å². The van der Waals surface area contributed by atoms with Crippen molar-refractivity contribution in [2.75, 3.05) is 26.8 Å². The Morgan fingerprint density at radius 2 is 2.21 bits per heavy atom. The molecule has 19 heavy (non-hydrogen) atoms. The second-order valence-electron chi connectivity index (χ2n) is 5.18. The van der Waals surface area contributed by atoms with Crippen LogP contribution >= 0.6 is 15.9 Å². The first-order valence-electron chi connectivity index (χ1n) is 6.20. The smallest absolute Gasteiger partial charge is 0.257 e. The molecule has 1 aliphatic heterocycles. The molecule has 1 heterocycles. The lowest BCUT2D eigenvalue weighted by Crippen LogP contribution is -2.50. The van der Waals surface area contributed by atoms with E-state index in [-0.39, 0.29) is 11.5 Å². The number of methoxy groups -OCH3 is 1. The SMILES string of the molecule is COc1cc(Br)ccc1C(=O)N1CCOC(C)(C)C1. The van der Waals surface area contributed by atoms with E-state index in [2.05, 4.69) is 15.9 Å². The zero-order chi connectivity index (χ0) is 14.0. The third-order valence-corrected chi connectivity index (χ3v) is 3.60. The summed E-state index contributed by atoms with van der Waals surface area (Å²) in [6.07, 6.45) is 0. The van der Waals surface area contributed by atoms with E-state index in [0.717, 1.165) is 4.47 Å². The van der Waals surface area contributed by atoms with Crippen LogP contribution in [0, 0.1) is 0 Å². The van der Waals surface area contributed by atoms with Crippen LogP contribution in [0.4, 0.5) is 0 Å². The van der Waals surface area contributed by atoms with Crippen LogP contribution in [0.5, 0.6) is 5.75 Å². The second-order valence-corrected chi connectivity index (χ2v) is 6.10. The summed E-state index contributed by atoms with van der Waals surface area (Å²) < 4.78 is 11.8. The summed E-state index contributed by atoms with van der Waals surface area (Å²) in [6.45, 7) is 5.75. The molecule has 1 aromatic rings. The Kier molecular flexibility index (Phi) is 4.16. The van der Waals surface area contributed by atoms with Crippen LogP contribution in [0.3, 0.4) is 0 Å². The molecule has 1 fully saturated rings. The predicted octanol–water partition coefficient (Wildman–Crippen LogP) is 2.71. The number of benzene rings is 1. The van der Waals surface area contributed by atoms with Gasteiger partial charge in [-0.15, -0.1) is 0 Å². The number of nitrogens with zero attached hydrogens (tertiary/aromatic N) is 1. The molecule has 0 bridgehead atoms. The van der Waals surface area contributed by atoms with Gasteiger partial charge in [-0.3, -0.25) is 4.79 Å². The molecular formula is C14H18BrNO3. The molecule has 4 nitrogen and oxygen atoms in total. The fourth-order valence-corrected chi connectivity index (χ4v) is 2.54. The zero-order valence-electron chi connectivity index (χ0n) is 11.4. The first-order chi connectivity index (χ1) is 8.93. The normalized spacial score (nSPS) is 18.2. The number of carbonyl (C=O) groups is 1. The Morgan fingerprint density at radius 1 is 1.47 bits per heavy atom. The van der Waals surface area contributed by atoms with Crippen LogP contribution in [0.25, 0.3) is 0 Å². The summed E-state index contributed by atoms with van der Waals surface area (Å²) in [7, 11) is 1.57. The number of ether oxygens (including phenoxy) is 2. The van der Waals surface area contributed by atoms with Crippen molar-refractivity contribution in [3.63, 3.8) is 0 Å². The average molecular weight is 328 g/mol. The fraction of sp³-hybridized carbons (Fsp3) is 0.500. The van der Waals surface area contributed by atoms with Gasteiger partial charge in [-0.2, -0.15) is 0 Å². The maximum absolute atomic E-state index is 12.6. The van der Waals surface area contributed by atoms with Gasteiger partial charge in [0.15, 0.2) is 0 Å². The van der Waals surface area contributed by atoms with Crippen LogP contribution < -0.4 is 4.74 Å². The molecule has 0 radical (unpaired) electrons. The average Bonchev–Trinajstić information content (AvgIpc) is 2.36. The number of halogens is 1. The molecule has 104 valence electrons. The molecule has 1 aromatic carbocycles. The van der Waals surface area contributed by atoms with Crippen molar-refractivity contribution in [2.24, 2.45) is 0 Å². The monoisotopic (exact) mass is 327 g/mol. The lowest BCUT2D eigenvalue weighted by molar-refractivity contribution is -0.0764. The number of amides is 1. The van der Waals surface area contributed by atoms with Crippen molar-refractivity contribution in [1.29, 1.82) is 0 Å². The Balaban J connectivity index is 2.24. The maximum atomic E-state index is 12.6. The predicted molar refractivity (Wildman–Crippen MR) is 76.6 cm³/mol.